The van der Waals surface area contributed by atoms with E-state index in [0.29, 0.717) is 35.3 Å². The Hall–Kier alpha value is -5.03. The van der Waals surface area contributed by atoms with Crippen molar-refractivity contribution in [2.75, 3.05) is 53.2 Å². The third kappa shape index (κ3) is 15.3. The zero-order chi connectivity index (χ0) is 44.2. The second kappa shape index (κ2) is 21.3. The minimum atomic E-state index is -1.39. The third-order valence-electron chi connectivity index (χ3n) is 9.11. The summed E-state index contributed by atoms with van der Waals surface area (Å²) in [7, 11) is 4.84. The summed E-state index contributed by atoms with van der Waals surface area (Å²) in [5, 5.41) is 2.64. The molecule has 3 aromatic heterocycles. The van der Waals surface area contributed by atoms with Gasteiger partial charge < -0.3 is 43.4 Å². The average Bonchev–Trinajstić information content (AvgIpc) is 3.48. The molecule has 3 aromatic rings. The lowest BCUT2D eigenvalue weighted by Crippen LogP contribution is -2.42. The highest BCUT2D eigenvalue weighted by molar-refractivity contribution is 6.76. The van der Waals surface area contributed by atoms with E-state index in [1.54, 1.807) is 60.3 Å². The second-order valence-corrected chi connectivity index (χ2v) is 23.2. The van der Waals surface area contributed by atoms with Crippen molar-refractivity contribution in [2.45, 2.75) is 105 Å². The molecule has 326 valence electrons. The number of rotatable bonds is 19. The first-order chi connectivity index (χ1) is 27.5. The number of likely N-dealkylation sites (N-methyl/N-ethyl adjacent to an activating group) is 3. The van der Waals surface area contributed by atoms with Gasteiger partial charge in [-0.1, -0.05) is 39.6 Å². The molecule has 0 spiro atoms. The first kappa shape index (κ1) is 48.3. The SMILES string of the molecule is CC(C)Cc1c(F)cnc2cc(Cn3cccc(NC(=O)[C@H](CC/C=C/C(=O)N(C)C)OC(=O)N(C)CCN(C)C(=O)OC(C)(C)C)c3=O)n(COCC[Si](C)(C)C)c12. The molecule has 17 heteroatoms. The van der Waals surface area contributed by atoms with Crippen LogP contribution in [0.1, 0.15) is 58.7 Å². The van der Waals surface area contributed by atoms with Gasteiger partial charge in [-0.05, 0) is 76.3 Å². The highest BCUT2D eigenvalue weighted by Crippen LogP contribution is 2.27. The lowest BCUT2D eigenvalue weighted by molar-refractivity contribution is -0.125. The van der Waals surface area contributed by atoms with Crippen LogP contribution in [0.4, 0.5) is 19.7 Å². The summed E-state index contributed by atoms with van der Waals surface area (Å²) in [6.45, 7) is 17.0. The van der Waals surface area contributed by atoms with Gasteiger partial charge in [0.05, 0.1) is 23.8 Å². The average molecular weight is 842 g/mol. The summed E-state index contributed by atoms with van der Waals surface area (Å²) in [4.78, 5) is 73.8. The van der Waals surface area contributed by atoms with E-state index >= 15 is 4.39 Å². The van der Waals surface area contributed by atoms with E-state index in [4.69, 9.17) is 14.2 Å². The summed E-state index contributed by atoms with van der Waals surface area (Å²) < 4.78 is 35.8. The predicted octanol–water partition coefficient (Wildman–Crippen LogP) is 6.56. The van der Waals surface area contributed by atoms with E-state index in [1.165, 1.54) is 44.7 Å². The summed E-state index contributed by atoms with van der Waals surface area (Å²) in [5.74, 6) is -1.24. The van der Waals surface area contributed by atoms with Gasteiger partial charge in [-0.3, -0.25) is 19.4 Å². The first-order valence-electron chi connectivity index (χ1n) is 19.9. The molecule has 59 heavy (non-hydrogen) atoms. The maximum atomic E-state index is 15.3. The smallest absolute Gasteiger partial charge is 0.410 e. The first-order valence-corrected chi connectivity index (χ1v) is 23.6. The number of carbonyl (C=O) groups excluding carboxylic acids is 4. The van der Waals surface area contributed by atoms with E-state index in [0.717, 1.165) is 6.04 Å². The van der Waals surface area contributed by atoms with Crippen molar-refractivity contribution in [3.63, 3.8) is 0 Å². The van der Waals surface area contributed by atoms with Crippen LogP contribution >= 0.6 is 0 Å². The van der Waals surface area contributed by atoms with E-state index in [-0.39, 0.29) is 56.7 Å². The molecule has 15 nitrogen and oxygen atoms in total. The molecule has 0 aliphatic carbocycles. The molecule has 3 rings (SSSR count). The number of aromatic nitrogens is 3. The van der Waals surface area contributed by atoms with E-state index in [9.17, 15) is 24.0 Å². The van der Waals surface area contributed by atoms with Crippen LogP contribution in [0, 0.1) is 11.7 Å². The van der Waals surface area contributed by atoms with E-state index in [1.807, 2.05) is 24.5 Å². The number of halogens is 1. The quantitative estimate of drug-likeness (QED) is 0.0802. The van der Waals surface area contributed by atoms with Crippen molar-refractivity contribution >= 4 is 48.8 Å². The van der Waals surface area contributed by atoms with Crippen LogP contribution in [0.2, 0.25) is 25.7 Å². The molecule has 0 fully saturated rings. The van der Waals surface area contributed by atoms with E-state index in [2.05, 4.69) is 29.9 Å². The Kier molecular flexibility index (Phi) is 17.4. The zero-order valence-corrected chi connectivity index (χ0v) is 37.9. The Labute approximate surface area is 348 Å². The van der Waals surface area contributed by atoms with Crippen molar-refractivity contribution in [3.05, 3.63) is 70.2 Å². The maximum absolute atomic E-state index is 15.3. The van der Waals surface area contributed by atoms with Gasteiger partial charge in [0.2, 0.25) is 5.91 Å². The minimum absolute atomic E-state index is 0.00152. The van der Waals surface area contributed by atoms with Gasteiger partial charge in [0.1, 0.15) is 23.8 Å². The molecule has 0 unspecified atom stereocenters. The number of fused-ring (bicyclic) bond motifs is 1. The fourth-order valence-electron chi connectivity index (χ4n) is 5.74. The largest absolute Gasteiger partial charge is 0.444 e. The molecule has 0 saturated carbocycles. The van der Waals surface area contributed by atoms with Crippen molar-refractivity contribution in [2.24, 2.45) is 5.92 Å². The lowest BCUT2D eigenvalue weighted by Gasteiger charge is -2.26. The Bertz CT molecular complexity index is 2020. The number of amides is 4. The number of ether oxygens (including phenoxy) is 3. The molecule has 0 aromatic carbocycles. The van der Waals surface area contributed by atoms with Crippen LogP contribution in [-0.4, -0.2) is 120 Å². The third-order valence-corrected chi connectivity index (χ3v) is 10.8. The second-order valence-electron chi connectivity index (χ2n) is 17.6. The van der Waals surface area contributed by atoms with Gasteiger partial charge in [-0.2, -0.15) is 0 Å². The number of nitrogens with one attached hydrogen (secondary N) is 1. The number of carbonyl (C=O) groups is 4. The molecule has 0 aliphatic heterocycles. The summed E-state index contributed by atoms with van der Waals surface area (Å²) in [5.41, 5.74) is 1.11. The Morgan fingerprint density at radius 3 is 2.31 bits per heavy atom. The number of hydrogen-bond acceptors (Lipinski definition) is 9. The molecule has 0 saturated heterocycles. The number of anilines is 1. The van der Waals surface area contributed by atoms with Crippen LogP contribution in [0.25, 0.3) is 11.0 Å². The normalized spacial score (nSPS) is 12.5. The number of pyridine rings is 2. The summed E-state index contributed by atoms with van der Waals surface area (Å²) >= 11 is 0. The van der Waals surface area contributed by atoms with Gasteiger partial charge in [0, 0.05) is 73.4 Å². The standard InChI is InChI=1S/C42H64FN7O8Si/c1-29(2)24-31-32(43)26-44-34-25-30(50(37(31)34)28-56-22-23-59(10,11)12)27-49-19-15-16-33(39(49)53)45-38(52)35(17-13-14-18-36(51)46(6)7)57-40(54)47(8)20-21-48(9)41(55)58-42(3,4)5/h14-16,18-19,25-26,29,35H,13,17,20-24,27-28H2,1-12H3,(H,45,52)/b18-14+/t35-/m0/s1. The molecule has 0 radical (unpaired) electrons. The Balaban J connectivity index is 1.88. The van der Waals surface area contributed by atoms with Crippen molar-refractivity contribution in [3.8, 4) is 0 Å². The van der Waals surface area contributed by atoms with Crippen molar-refractivity contribution in [1.82, 2.24) is 28.8 Å². The minimum Gasteiger partial charge on any atom is -0.444 e. The van der Waals surface area contributed by atoms with Gasteiger partial charge in [0.25, 0.3) is 11.5 Å². The molecule has 0 aliphatic rings. The highest BCUT2D eigenvalue weighted by atomic mass is 28.3. The number of nitrogens with zero attached hydrogens (tertiary/aromatic N) is 6. The topological polar surface area (TPSA) is 158 Å². The predicted molar refractivity (Wildman–Crippen MR) is 230 cm³/mol. The van der Waals surface area contributed by atoms with Crippen LogP contribution < -0.4 is 10.9 Å². The van der Waals surface area contributed by atoms with Crippen molar-refractivity contribution < 1.29 is 37.8 Å². The van der Waals surface area contributed by atoms with Crippen molar-refractivity contribution in [1.29, 1.82) is 0 Å². The highest BCUT2D eigenvalue weighted by Gasteiger charge is 2.27. The van der Waals surface area contributed by atoms with Gasteiger partial charge in [0.15, 0.2) is 6.10 Å². The zero-order valence-electron chi connectivity index (χ0n) is 36.9. The molecule has 4 amide bonds. The monoisotopic (exact) mass is 841 g/mol. The van der Waals surface area contributed by atoms with Crippen LogP contribution in [0.3, 0.4) is 0 Å². The fourth-order valence-corrected chi connectivity index (χ4v) is 6.49. The lowest BCUT2D eigenvalue weighted by atomic mass is 10.0. The van der Waals surface area contributed by atoms with Gasteiger partial charge in [-0.25, -0.2) is 14.0 Å². The number of hydrogen-bond donors (Lipinski definition) is 1. The Morgan fingerprint density at radius 2 is 1.69 bits per heavy atom. The molecule has 0 bridgehead atoms. The van der Waals surface area contributed by atoms with Crippen LogP contribution in [0.15, 0.2) is 47.5 Å². The maximum Gasteiger partial charge on any atom is 0.410 e. The van der Waals surface area contributed by atoms with Crippen LogP contribution in [-0.2, 0) is 43.5 Å². The molecular weight excluding hydrogens is 778 g/mol. The molecule has 1 N–H and O–H groups in total. The van der Waals surface area contributed by atoms with Crippen LogP contribution in [0.5, 0.6) is 0 Å². The molecule has 1 atom stereocenters. The summed E-state index contributed by atoms with van der Waals surface area (Å²) in [6, 6.07) is 5.83. The fraction of sp³-hybridized carbons (Fsp3) is 0.571. The Morgan fingerprint density at radius 1 is 1.03 bits per heavy atom. The molecular formula is C42H64FN7O8Si. The van der Waals surface area contributed by atoms with Gasteiger partial charge in [-0.15, -0.1) is 0 Å². The number of allylic oxidation sites excluding steroid dienone is 1. The summed E-state index contributed by atoms with van der Waals surface area (Å²) in [6.07, 6.45) is 3.69. The molecule has 3 heterocycles. The van der Waals surface area contributed by atoms with E-state index < -0.39 is 49.2 Å². The van der Waals surface area contributed by atoms with Gasteiger partial charge >= 0.3 is 12.2 Å².